The van der Waals surface area contributed by atoms with Crippen LogP contribution in [0.4, 0.5) is 5.69 Å². The standard InChI is InChI=1S/C35H48N2O4/c1-7-9-18-36(4)19-20-41-31-16-13-26(14-17-31)25(3)37(8-2)33-24-35(40-6)34(39-5)23-32(33)29-11-10-28-22-30(38)15-12-27(28)21-29/h12-17,22-25,29,38H,7-11,18-21H2,1-6H3/t25?,29-/m1/s1. The average Bonchev–Trinajstić information content (AvgIpc) is 3.00. The van der Waals surface area contributed by atoms with Crippen molar-refractivity contribution in [1.82, 2.24) is 4.90 Å². The van der Waals surface area contributed by atoms with E-state index in [0.717, 1.165) is 56.1 Å². The van der Waals surface area contributed by atoms with Crippen molar-refractivity contribution in [2.24, 2.45) is 0 Å². The summed E-state index contributed by atoms with van der Waals surface area (Å²) in [6.45, 7) is 10.3. The second-order valence-corrected chi connectivity index (χ2v) is 11.2. The fraction of sp³-hybridized carbons (Fsp3) is 0.486. The van der Waals surface area contributed by atoms with Crippen LogP contribution in [0.2, 0.25) is 0 Å². The number of rotatable bonds is 14. The topological polar surface area (TPSA) is 54.4 Å². The first-order valence-corrected chi connectivity index (χ1v) is 15.1. The van der Waals surface area contributed by atoms with E-state index in [-0.39, 0.29) is 6.04 Å². The van der Waals surface area contributed by atoms with Crippen LogP contribution in [0.25, 0.3) is 0 Å². The van der Waals surface area contributed by atoms with Crippen molar-refractivity contribution in [3.05, 3.63) is 76.9 Å². The molecule has 222 valence electrons. The van der Waals surface area contributed by atoms with Gasteiger partial charge in [-0.25, -0.2) is 0 Å². The van der Waals surface area contributed by atoms with E-state index in [0.29, 0.717) is 18.3 Å². The van der Waals surface area contributed by atoms with Gasteiger partial charge >= 0.3 is 0 Å². The van der Waals surface area contributed by atoms with Gasteiger partial charge in [-0.1, -0.05) is 31.5 Å². The first-order chi connectivity index (χ1) is 19.9. The van der Waals surface area contributed by atoms with Crippen molar-refractivity contribution >= 4 is 5.69 Å². The number of methoxy groups -OCH3 is 2. The molecule has 0 heterocycles. The van der Waals surface area contributed by atoms with E-state index >= 15 is 0 Å². The van der Waals surface area contributed by atoms with Gasteiger partial charge in [0.25, 0.3) is 0 Å². The third-order valence-corrected chi connectivity index (χ3v) is 8.51. The molecular formula is C35H48N2O4. The number of benzene rings is 3. The maximum absolute atomic E-state index is 9.98. The monoisotopic (exact) mass is 560 g/mol. The highest BCUT2D eigenvalue weighted by Crippen LogP contribution is 2.45. The minimum absolute atomic E-state index is 0.152. The molecule has 0 amide bonds. The number of likely N-dealkylation sites (N-methyl/N-ethyl adjacent to an activating group) is 1. The Hall–Kier alpha value is -3.38. The molecule has 4 rings (SSSR count). The number of aromatic hydroxyl groups is 1. The molecule has 0 radical (unpaired) electrons. The Morgan fingerprint density at radius 1 is 0.927 bits per heavy atom. The van der Waals surface area contributed by atoms with Gasteiger partial charge in [-0.15, -0.1) is 0 Å². The Labute approximate surface area is 246 Å². The van der Waals surface area contributed by atoms with E-state index in [9.17, 15) is 5.11 Å². The van der Waals surface area contributed by atoms with Crippen LogP contribution >= 0.6 is 0 Å². The molecule has 6 heteroatoms. The Morgan fingerprint density at radius 3 is 2.34 bits per heavy atom. The van der Waals surface area contributed by atoms with E-state index in [1.54, 1.807) is 20.3 Å². The fourth-order valence-corrected chi connectivity index (χ4v) is 6.00. The molecule has 0 aliphatic heterocycles. The lowest BCUT2D eigenvalue weighted by molar-refractivity contribution is 0.235. The first-order valence-electron chi connectivity index (χ1n) is 15.1. The Kier molecular flexibility index (Phi) is 10.8. The minimum atomic E-state index is 0.152. The number of ether oxygens (including phenoxy) is 3. The molecule has 3 aromatic rings. The highest BCUT2D eigenvalue weighted by molar-refractivity contribution is 5.65. The van der Waals surface area contributed by atoms with Crippen LogP contribution in [0, 0.1) is 0 Å². The van der Waals surface area contributed by atoms with Crippen molar-refractivity contribution < 1.29 is 19.3 Å². The van der Waals surface area contributed by atoms with Crippen molar-refractivity contribution in [3.63, 3.8) is 0 Å². The lowest BCUT2D eigenvalue weighted by Gasteiger charge is -2.36. The summed E-state index contributed by atoms with van der Waals surface area (Å²) in [5, 5.41) is 9.98. The molecule has 1 unspecified atom stereocenters. The SMILES string of the molecule is CCCCN(C)CCOc1ccc(C(C)N(CC)c2cc(OC)c(OC)cc2[C@@H]2CCc3cc(O)ccc3C2)cc1. The number of hydrogen-bond acceptors (Lipinski definition) is 6. The molecule has 0 saturated heterocycles. The molecule has 3 aromatic carbocycles. The second kappa shape index (κ2) is 14.5. The highest BCUT2D eigenvalue weighted by Gasteiger charge is 2.28. The van der Waals surface area contributed by atoms with Gasteiger partial charge in [0, 0.05) is 24.8 Å². The van der Waals surface area contributed by atoms with Crippen molar-refractivity contribution in [2.45, 2.75) is 64.8 Å². The largest absolute Gasteiger partial charge is 0.508 e. The zero-order valence-corrected chi connectivity index (χ0v) is 25.8. The van der Waals surface area contributed by atoms with E-state index in [4.69, 9.17) is 14.2 Å². The molecule has 0 aromatic heterocycles. The summed E-state index contributed by atoms with van der Waals surface area (Å²) < 4.78 is 17.6. The summed E-state index contributed by atoms with van der Waals surface area (Å²) in [6, 6.07) is 18.8. The first kappa shape index (κ1) is 30.6. The average molecular weight is 561 g/mol. The third kappa shape index (κ3) is 7.48. The molecule has 0 bridgehead atoms. The van der Waals surface area contributed by atoms with Gasteiger partial charge in [-0.05, 0) is 112 Å². The quantitative estimate of drug-likeness (QED) is 0.222. The van der Waals surface area contributed by atoms with Gasteiger partial charge in [0.1, 0.15) is 18.1 Å². The number of phenols is 1. The lowest BCUT2D eigenvalue weighted by atomic mass is 9.79. The van der Waals surface area contributed by atoms with Gasteiger partial charge in [0.2, 0.25) is 0 Å². The van der Waals surface area contributed by atoms with Crippen LogP contribution < -0.4 is 19.1 Å². The highest BCUT2D eigenvalue weighted by atomic mass is 16.5. The Bertz CT molecular complexity index is 1260. The maximum atomic E-state index is 9.98. The van der Waals surface area contributed by atoms with Gasteiger partial charge in [-0.2, -0.15) is 0 Å². The van der Waals surface area contributed by atoms with Crippen LogP contribution in [0.5, 0.6) is 23.0 Å². The summed E-state index contributed by atoms with van der Waals surface area (Å²) in [4.78, 5) is 4.79. The smallest absolute Gasteiger partial charge is 0.162 e. The van der Waals surface area contributed by atoms with E-state index in [1.807, 2.05) is 6.07 Å². The van der Waals surface area contributed by atoms with Gasteiger partial charge < -0.3 is 29.1 Å². The molecular weight excluding hydrogens is 512 g/mol. The molecule has 0 spiro atoms. The normalized spacial score (nSPS) is 15.3. The summed E-state index contributed by atoms with van der Waals surface area (Å²) in [5.41, 5.74) is 6.26. The number of hydrogen-bond donors (Lipinski definition) is 1. The number of anilines is 1. The molecule has 1 aliphatic carbocycles. The molecule has 0 saturated carbocycles. The third-order valence-electron chi connectivity index (χ3n) is 8.51. The number of phenolic OH excluding ortho intramolecular Hbond substituents is 1. The van der Waals surface area contributed by atoms with E-state index in [2.05, 4.69) is 80.1 Å². The fourth-order valence-electron chi connectivity index (χ4n) is 6.00. The number of fused-ring (bicyclic) bond motifs is 1. The predicted molar refractivity (Wildman–Crippen MR) is 168 cm³/mol. The summed E-state index contributed by atoms with van der Waals surface area (Å²) in [6.07, 6.45) is 5.33. The minimum Gasteiger partial charge on any atom is -0.508 e. The Morgan fingerprint density at radius 2 is 1.66 bits per heavy atom. The van der Waals surface area contributed by atoms with Crippen LogP contribution in [0.3, 0.4) is 0 Å². The lowest BCUT2D eigenvalue weighted by Crippen LogP contribution is -2.28. The van der Waals surface area contributed by atoms with Crippen LogP contribution in [-0.2, 0) is 12.8 Å². The van der Waals surface area contributed by atoms with Crippen LogP contribution in [-0.4, -0.2) is 57.5 Å². The van der Waals surface area contributed by atoms with E-state index in [1.165, 1.54) is 40.8 Å². The second-order valence-electron chi connectivity index (χ2n) is 11.2. The van der Waals surface area contributed by atoms with Gasteiger partial charge in [0.15, 0.2) is 11.5 Å². The van der Waals surface area contributed by atoms with Crippen LogP contribution in [0.1, 0.15) is 74.2 Å². The zero-order chi connectivity index (χ0) is 29.4. The van der Waals surface area contributed by atoms with Gasteiger partial charge in [0.05, 0.1) is 20.3 Å². The number of unbranched alkanes of at least 4 members (excludes halogenated alkanes) is 1. The number of aryl methyl sites for hydroxylation is 1. The summed E-state index contributed by atoms with van der Waals surface area (Å²) >= 11 is 0. The molecule has 2 atom stereocenters. The number of nitrogens with zero attached hydrogens (tertiary/aromatic N) is 2. The maximum Gasteiger partial charge on any atom is 0.162 e. The van der Waals surface area contributed by atoms with E-state index < -0.39 is 0 Å². The molecule has 0 fully saturated rings. The zero-order valence-electron chi connectivity index (χ0n) is 25.8. The Balaban J connectivity index is 1.56. The predicted octanol–water partition coefficient (Wildman–Crippen LogP) is 7.38. The van der Waals surface area contributed by atoms with Crippen LogP contribution in [0.15, 0.2) is 54.6 Å². The van der Waals surface area contributed by atoms with Gasteiger partial charge in [-0.3, -0.25) is 0 Å². The molecule has 1 aliphatic rings. The van der Waals surface area contributed by atoms with Crippen molar-refractivity contribution in [3.8, 4) is 23.0 Å². The molecule has 6 nitrogen and oxygen atoms in total. The summed E-state index contributed by atoms with van der Waals surface area (Å²) in [5.74, 6) is 3.09. The summed E-state index contributed by atoms with van der Waals surface area (Å²) in [7, 11) is 5.56. The molecule has 1 N–H and O–H groups in total. The van der Waals surface area contributed by atoms with Crippen molar-refractivity contribution in [1.29, 1.82) is 0 Å². The molecule has 41 heavy (non-hydrogen) atoms. The van der Waals surface area contributed by atoms with Crippen molar-refractivity contribution in [2.75, 3.05) is 52.4 Å².